The second-order valence-electron chi connectivity index (χ2n) is 7.78. The number of benzene rings is 2. The first-order valence-corrected chi connectivity index (χ1v) is 10.4. The van der Waals surface area contributed by atoms with Gasteiger partial charge in [0.2, 0.25) is 0 Å². The summed E-state index contributed by atoms with van der Waals surface area (Å²) in [7, 11) is 3.87. The normalized spacial score (nSPS) is 11.1. The number of anilines is 1. The molecule has 11 heteroatoms. The van der Waals surface area contributed by atoms with Gasteiger partial charge in [0.05, 0.1) is 5.56 Å². The van der Waals surface area contributed by atoms with Crippen molar-refractivity contribution >= 4 is 11.7 Å². The summed E-state index contributed by atoms with van der Waals surface area (Å²) in [6.45, 7) is 1.28. The van der Waals surface area contributed by atoms with Crippen molar-refractivity contribution < 1.29 is 13.6 Å². The van der Waals surface area contributed by atoms with E-state index in [1.54, 1.807) is 36.5 Å². The summed E-state index contributed by atoms with van der Waals surface area (Å²) in [6.07, 6.45) is 1.57. The maximum absolute atomic E-state index is 14.4. The molecule has 34 heavy (non-hydrogen) atoms. The lowest BCUT2D eigenvalue weighted by molar-refractivity contribution is 0.0951. The third kappa shape index (κ3) is 4.74. The van der Waals surface area contributed by atoms with Crippen LogP contribution < -0.4 is 11.1 Å². The molecule has 1 amide bonds. The Kier molecular flexibility index (Phi) is 6.55. The van der Waals surface area contributed by atoms with Gasteiger partial charge in [0, 0.05) is 30.4 Å². The van der Waals surface area contributed by atoms with E-state index in [1.807, 2.05) is 19.0 Å². The molecule has 0 saturated heterocycles. The van der Waals surface area contributed by atoms with Crippen molar-refractivity contribution in [1.29, 1.82) is 0 Å². The van der Waals surface area contributed by atoms with Gasteiger partial charge in [-0.3, -0.25) is 4.79 Å². The van der Waals surface area contributed by atoms with Crippen LogP contribution in [0.3, 0.4) is 0 Å². The molecule has 2 aromatic heterocycles. The second kappa shape index (κ2) is 9.71. The van der Waals surface area contributed by atoms with Gasteiger partial charge in [-0.2, -0.15) is 4.68 Å². The standard InChI is InChI=1S/C23H22F2N8O/c1-32(2)11-10-27-23(34)15-8-6-14(7-9-15)16-12-17(21(26)28-13-16)22-29-30-31-33(22)19-5-3-4-18(24)20(19)25/h3-9,12-13H,10-11H2,1-2H3,(H2,26,28)(H,27,34). The highest BCUT2D eigenvalue weighted by atomic mass is 19.2. The van der Waals surface area contributed by atoms with E-state index in [0.717, 1.165) is 22.9 Å². The molecule has 2 aromatic carbocycles. The molecule has 0 radical (unpaired) electrons. The van der Waals surface area contributed by atoms with Gasteiger partial charge in [-0.25, -0.2) is 13.8 Å². The van der Waals surface area contributed by atoms with E-state index in [-0.39, 0.29) is 23.2 Å². The number of carbonyl (C=O) groups is 1. The van der Waals surface area contributed by atoms with Crippen molar-refractivity contribution in [2.24, 2.45) is 0 Å². The number of nitrogens with zero attached hydrogens (tertiary/aromatic N) is 6. The predicted molar refractivity (Wildman–Crippen MR) is 123 cm³/mol. The lowest BCUT2D eigenvalue weighted by Crippen LogP contribution is -2.31. The molecule has 0 aliphatic rings. The molecule has 3 N–H and O–H groups in total. The maximum atomic E-state index is 14.4. The molecule has 2 heterocycles. The van der Waals surface area contributed by atoms with Crippen LogP contribution >= 0.6 is 0 Å². The number of halogens is 2. The molecule has 0 aliphatic heterocycles. The summed E-state index contributed by atoms with van der Waals surface area (Å²) in [6, 6.07) is 12.4. The summed E-state index contributed by atoms with van der Waals surface area (Å²) in [5, 5.41) is 14.2. The number of rotatable bonds is 7. The lowest BCUT2D eigenvalue weighted by atomic mass is 10.0. The van der Waals surface area contributed by atoms with Crippen molar-refractivity contribution in [3.8, 4) is 28.2 Å². The maximum Gasteiger partial charge on any atom is 0.251 e. The van der Waals surface area contributed by atoms with Gasteiger partial charge >= 0.3 is 0 Å². The average Bonchev–Trinajstić information content (AvgIpc) is 3.30. The SMILES string of the molecule is CN(C)CCNC(=O)c1ccc(-c2cnc(N)c(-c3nnnn3-c3cccc(F)c3F)c2)cc1. The van der Waals surface area contributed by atoms with Crippen LogP contribution in [-0.4, -0.2) is 63.2 Å². The van der Waals surface area contributed by atoms with E-state index in [1.165, 1.54) is 12.1 Å². The van der Waals surface area contributed by atoms with E-state index in [4.69, 9.17) is 5.73 Å². The van der Waals surface area contributed by atoms with E-state index in [0.29, 0.717) is 23.2 Å². The molecule has 0 saturated carbocycles. The summed E-state index contributed by atoms with van der Waals surface area (Å²) in [5.74, 6) is -2.05. The summed E-state index contributed by atoms with van der Waals surface area (Å²) < 4.78 is 29.2. The number of nitrogens with one attached hydrogen (secondary N) is 1. The predicted octanol–water partition coefficient (Wildman–Crippen LogP) is 2.54. The number of hydrogen-bond acceptors (Lipinski definition) is 7. The van der Waals surface area contributed by atoms with E-state index in [9.17, 15) is 13.6 Å². The van der Waals surface area contributed by atoms with Crippen LogP contribution in [0.15, 0.2) is 54.7 Å². The Morgan fingerprint density at radius 1 is 1.12 bits per heavy atom. The highest BCUT2D eigenvalue weighted by Gasteiger charge is 2.19. The molecule has 0 fully saturated rings. The van der Waals surface area contributed by atoms with Gasteiger partial charge in [-0.05, 0) is 60.4 Å². The van der Waals surface area contributed by atoms with Crippen molar-refractivity contribution in [2.75, 3.05) is 32.9 Å². The minimum absolute atomic E-state index is 0.105. The molecule has 174 valence electrons. The molecule has 4 rings (SSSR count). The fourth-order valence-corrected chi connectivity index (χ4v) is 3.29. The van der Waals surface area contributed by atoms with Crippen molar-refractivity contribution in [1.82, 2.24) is 35.4 Å². The highest BCUT2D eigenvalue weighted by molar-refractivity contribution is 5.94. The smallest absolute Gasteiger partial charge is 0.251 e. The van der Waals surface area contributed by atoms with Gasteiger partial charge in [0.1, 0.15) is 11.5 Å². The van der Waals surface area contributed by atoms with Crippen LogP contribution in [0.25, 0.3) is 28.2 Å². The number of carbonyl (C=O) groups excluding carboxylic acids is 1. The largest absolute Gasteiger partial charge is 0.383 e. The summed E-state index contributed by atoms with van der Waals surface area (Å²) in [4.78, 5) is 18.5. The quantitative estimate of drug-likeness (QED) is 0.432. The Labute approximate surface area is 194 Å². The van der Waals surface area contributed by atoms with Gasteiger partial charge in [-0.15, -0.1) is 5.10 Å². The Morgan fingerprint density at radius 3 is 2.62 bits per heavy atom. The Hall–Kier alpha value is -4.25. The van der Waals surface area contributed by atoms with E-state index < -0.39 is 11.6 Å². The van der Waals surface area contributed by atoms with Crippen LogP contribution in [0.5, 0.6) is 0 Å². The van der Waals surface area contributed by atoms with Gasteiger partial charge in [-0.1, -0.05) is 18.2 Å². The first-order valence-electron chi connectivity index (χ1n) is 10.4. The van der Waals surface area contributed by atoms with E-state index in [2.05, 4.69) is 25.8 Å². The third-order valence-electron chi connectivity index (χ3n) is 5.11. The van der Waals surface area contributed by atoms with E-state index >= 15 is 0 Å². The minimum Gasteiger partial charge on any atom is -0.383 e. The number of aromatic nitrogens is 5. The summed E-state index contributed by atoms with van der Waals surface area (Å²) in [5.41, 5.74) is 8.22. The monoisotopic (exact) mass is 464 g/mol. The van der Waals surface area contributed by atoms with Crippen LogP contribution in [0.1, 0.15) is 10.4 Å². The lowest BCUT2D eigenvalue weighted by Gasteiger charge is -2.11. The fourth-order valence-electron chi connectivity index (χ4n) is 3.29. The van der Waals surface area contributed by atoms with Crippen LogP contribution in [-0.2, 0) is 0 Å². The Bertz CT molecular complexity index is 1320. The number of tetrazole rings is 1. The van der Waals surface area contributed by atoms with Crippen LogP contribution in [0, 0.1) is 11.6 Å². The van der Waals surface area contributed by atoms with Gasteiger partial charge in [0.25, 0.3) is 5.91 Å². The van der Waals surface area contributed by atoms with Gasteiger partial charge < -0.3 is 16.0 Å². The molecule has 4 aromatic rings. The molecule has 0 atom stereocenters. The van der Waals surface area contributed by atoms with Crippen LogP contribution in [0.2, 0.25) is 0 Å². The van der Waals surface area contributed by atoms with Crippen molar-refractivity contribution in [3.05, 3.63) is 71.9 Å². The number of nitrogens with two attached hydrogens (primary N) is 1. The Morgan fingerprint density at radius 2 is 1.88 bits per heavy atom. The molecule has 0 unspecified atom stereocenters. The minimum atomic E-state index is -1.09. The zero-order chi connectivity index (χ0) is 24.2. The highest BCUT2D eigenvalue weighted by Crippen LogP contribution is 2.30. The van der Waals surface area contributed by atoms with Crippen LogP contribution in [0.4, 0.5) is 14.6 Å². The first kappa shape index (κ1) is 22.9. The third-order valence-corrected chi connectivity index (χ3v) is 5.11. The fraction of sp³-hybridized carbons (Fsp3) is 0.174. The van der Waals surface area contributed by atoms with Crippen molar-refractivity contribution in [2.45, 2.75) is 0 Å². The number of nitrogen functional groups attached to an aromatic ring is 1. The molecule has 0 aliphatic carbocycles. The van der Waals surface area contributed by atoms with Crippen molar-refractivity contribution in [3.63, 3.8) is 0 Å². The number of pyridine rings is 1. The Balaban J connectivity index is 1.63. The zero-order valence-electron chi connectivity index (χ0n) is 18.5. The zero-order valence-corrected chi connectivity index (χ0v) is 18.5. The molecular weight excluding hydrogens is 442 g/mol. The number of amides is 1. The first-order chi connectivity index (χ1) is 16.3. The number of likely N-dealkylation sites (N-methyl/N-ethyl adjacent to an activating group) is 1. The second-order valence-corrected chi connectivity index (χ2v) is 7.78. The average molecular weight is 464 g/mol. The molecule has 9 nitrogen and oxygen atoms in total. The number of hydrogen-bond donors (Lipinski definition) is 2. The molecule has 0 spiro atoms. The topological polar surface area (TPSA) is 115 Å². The molecular formula is C23H22F2N8O. The van der Waals surface area contributed by atoms with Gasteiger partial charge in [0.15, 0.2) is 17.5 Å². The molecule has 0 bridgehead atoms. The summed E-state index contributed by atoms with van der Waals surface area (Å²) >= 11 is 0.